The normalized spacial score (nSPS) is 28.5. The van der Waals surface area contributed by atoms with Crippen molar-refractivity contribution < 1.29 is 4.79 Å². The molecule has 3 heteroatoms. The Morgan fingerprint density at radius 2 is 2.06 bits per heavy atom. The van der Waals surface area contributed by atoms with E-state index in [2.05, 4.69) is 35.2 Å². The summed E-state index contributed by atoms with van der Waals surface area (Å²) >= 11 is 0. The third kappa shape index (κ3) is 2.15. The van der Waals surface area contributed by atoms with E-state index in [-0.39, 0.29) is 0 Å². The highest BCUT2D eigenvalue weighted by Crippen LogP contribution is 2.31. The Bertz CT molecular complexity index is 431. The summed E-state index contributed by atoms with van der Waals surface area (Å²) in [6.45, 7) is 3.19. The van der Waals surface area contributed by atoms with Crippen LogP contribution in [0.25, 0.3) is 0 Å². The van der Waals surface area contributed by atoms with Gasteiger partial charge in [-0.25, -0.2) is 0 Å². The van der Waals surface area contributed by atoms with Crippen molar-refractivity contribution in [2.45, 2.75) is 25.4 Å². The number of hydrogen-bond acceptors (Lipinski definition) is 2. The molecule has 96 valence electrons. The molecule has 0 spiro atoms. The van der Waals surface area contributed by atoms with Gasteiger partial charge in [0, 0.05) is 45.1 Å². The van der Waals surface area contributed by atoms with Gasteiger partial charge in [0.05, 0.1) is 0 Å². The fourth-order valence-electron chi connectivity index (χ4n) is 3.34. The van der Waals surface area contributed by atoms with Crippen LogP contribution in [0.2, 0.25) is 0 Å². The zero-order valence-corrected chi connectivity index (χ0v) is 10.9. The number of amides is 1. The number of carbonyl (C=O) groups excluding carboxylic acids is 1. The van der Waals surface area contributed by atoms with E-state index in [9.17, 15) is 4.79 Å². The van der Waals surface area contributed by atoms with Gasteiger partial charge in [-0.15, -0.1) is 0 Å². The quantitative estimate of drug-likeness (QED) is 0.791. The number of rotatable bonds is 2. The fourth-order valence-corrected chi connectivity index (χ4v) is 3.34. The van der Waals surface area contributed by atoms with Crippen molar-refractivity contribution in [3.8, 4) is 0 Å². The summed E-state index contributed by atoms with van der Waals surface area (Å²) in [5, 5.41) is 0. The summed E-state index contributed by atoms with van der Waals surface area (Å²) in [4.78, 5) is 16.2. The minimum atomic E-state index is 0.326. The van der Waals surface area contributed by atoms with E-state index in [1.165, 1.54) is 5.56 Å². The minimum Gasteiger partial charge on any atom is -0.342 e. The number of likely N-dealkylation sites (tertiary alicyclic amines) is 2. The molecule has 3 rings (SSSR count). The van der Waals surface area contributed by atoms with Crippen LogP contribution in [-0.4, -0.2) is 41.9 Å². The molecular formula is C15H20N2O. The summed E-state index contributed by atoms with van der Waals surface area (Å²) in [6.07, 6.45) is 1.87. The smallest absolute Gasteiger partial charge is 0.222 e. The lowest BCUT2D eigenvalue weighted by atomic mass is 9.92. The van der Waals surface area contributed by atoms with E-state index in [1.54, 1.807) is 0 Å². The van der Waals surface area contributed by atoms with Crippen LogP contribution in [0.15, 0.2) is 30.3 Å². The number of fused-ring (bicyclic) bond motifs is 1. The van der Waals surface area contributed by atoms with Gasteiger partial charge < -0.3 is 4.90 Å². The molecular weight excluding hydrogens is 224 g/mol. The van der Waals surface area contributed by atoms with Crippen molar-refractivity contribution in [3.63, 3.8) is 0 Å². The second kappa shape index (κ2) is 4.73. The zero-order valence-electron chi connectivity index (χ0n) is 10.9. The van der Waals surface area contributed by atoms with Crippen molar-refractivity contribution in [1.29, 1.82) is 0 Å². The fraction of sp³-hybridized carbons (Fsp3) is 0.533. The van der Waals surface area contributed by atoms with Crippen LogP contribution in [0.4, 0.5) is 0 Å². The summed E-state index contributed by atoms with van der Waals surface area (Å²) in [7, 11) is 1.96. The first-order valence-electron chi connectivity index (χ1n) is 6.76. The molecule has 0 radical (unpaired) electrons. The number of piperidine rings is 1. The maximum atomic E-state index is 11.7. The average Bonchev–Trinajstić information content (AvgIpc) is 2.66. The number of benzene rings is 1. The third-order valence-corrected chi connectivity index (χ3v) is 4.35. The second-order valence-electron chi connectivity index (χ2n) is 5.55. The Morgan fingerprint density at radius 3 is 2.83 bits per heavy atom. The Hall–Kier alpha value is -1.35. The lowest BCUT2D eigenvalue weighted by Gasteiger charge is -2.36. The predicted molar refractivity (Wildman–Crippen MR) is 71.0 cm³/mol. The molecule has 18 heavy (non-hydrogen) atoms. The Kier molecular flexibility index (Phi) is 3.08. The molecule has 0 aliphatic carbocycles. The lowest BCUT2D eigenvalue weighted by molar-refractivity contribution is -0.127. The molecule has 2 aliphatic heterocycles. The van der Waals surface area contributed by atoms with E-state index in [4.69, 9.17) is 0 Å². The SMILES string of the molecule is CN1C(=O)CC2CN(Cc3ccccc3)CCC21. The molecule has 0 N–H and O–H groups in total. The lowest BCUT2D eigenvalue weighted by Crippen LogP contribution is -2.44. The molecule has 0 saturated carbocycles. The molecule has 2 saturated heterocycles. The van der Waals surface area contributed by atoms with Crippen LogP contribution in [-0.2, 0) is 11.3 Å². The first-order valence-corrected chi connectivity index (χ1v) is 6.76. The van der Waals surface area contributed by atoms with Crippen molar-refractivity contribution >= 4 is 5.91 Å². The number of nitrogens with zero attached hydrogens (tertiary/aromatic N) is 2. The summed E-state index contributed by atoms with van der Waals surface area (Å²) in [5.74, 6) is 0.867. The second-order valence-corrected chi connectivity index (χ2v) is 5.55. The summed E-state index contributed by atoms with van der Waals surface area (Å²) in [6, 6.07) is 11.1. The van der Waals surface area contributed by atoms with Gasteiger partial charge in [0.1, 0.15) is 0 Å². The molecule has 0 bridgehead atoms. The van der Waals surface area contributed by atoms with Crippen molar-refractivity contribution in [2.75, 3.05) is 20.1 Å². The highest BCUT2D eigenvalue weighted by atomic mass is 16.2. The molecule has 2 atom stereocenters. The van der Waals surface area contributed by atoms with Gasteiger partial charge in [0.25, 0.3) is 0 Å². The number of hydrogen-bond donors (Lipinski definition) is 0. The van der Waals surface area contributed by atoms with Crippen LogP contribution in [0, 0.1) is 5.92 Å². The van der Waals surface area contributed by atoms with Gasteiger partial charge >= 0.3 is 0 Å². The Labute approximate surface area is 108 Å². The first kappa shape index (κ1) is 11.7. The average molecular weight is 244 g/mol. The highest BCUT2D eigenvalue weighted by molar-refractivity contribution is 5.79. The van der Waals surface area contributed by atoms with E-state index < -0.39 is 0 Å². The molecule has 2 heterocycles. The first-order chi connectivity index (χ1) is 8.74. The van der Waals surface area contributed by atoms with Gasteiger partial charge in [0.15, 0.2) is 0 Å². The Morgan fingerprint density at radius 1 is 1.28 bits per heavy atom. The van der Waals surface area contributed by atoms with Crippen LogP contribution < -0.4 is 0 Å². The molecule has 2 aliphatic rings. The van der Waals surface area contributed by atoms with Crippen molar-refractivity contribution in [3.05, 3.63) is 35.9 Å². The van der Waals surface area contributed by atoms with Crippen molar-refractivity contribution in [1.82, 2.24) is 9.80 Å². The molecule has 3 nitrogen and oxygen atoms in total. The molecule has 1 aromatic rings. The largest absolute Gasteiger partial charge is 0.342 e. The van der Waals surface area contributed by atoms with E-state index in [0.717, 1.165) is 32.5 Å². The van der Waals surface area contributed by atoms with Gasteiger partial charge in [-0.2, -0.15) is 0 Å². The summed E-state index contributed by atoms with van der Waals surface area (Å²) in [5.41, 5.74) is 1.37. The van der Waals surface area contributed by atoms with Gasteiger partial charge in [-0.05, 0) is 12.0 Å². The van der Waals surface area contributed by atoms with Gasteiger partial charge in [-0.1, -0.05) is 30.3 Å². The number of carbonyl (C=O) groups is 1. The maximum Gasteiger partial charge on any atom is 0.222 e. The van der Waals surface area contributed by atoms with Gasteiger partial charge in [0.2, 0.25) is 5.91 Å². The standard InChI is InChI=1S/C15H20N2O/c1-16-14-7-8-17(11-13(14)9-15(16)18)10-12-5-3-2-4-6-12/h2-6,13-14H,7-11H2,1H3. The molecule has 0 aromatic heterocycles. The molecule has 2 fully saturated rings. The predicted octanol–water partition coefficient (Wildman–Crippen LogP) is 1.74. The van der Waals surface area contributed by atoms with E-state index in [0.29, 0.717) is 17.9 Å². The molecule has 1 amide bonds. The van der Waals surface area contributed by atoms with Crippen LogP contribution >= 0.6 is 0 Å². The summed E-state index contributed by atoms with van der Waals surface area (Å²) < 4.78 is 0. The minimum absolute atomic E-state index is 0.326. The highest BCUT2D eigenvalue weighted by Gasteiger charge is 2.40. The van der Waals surface area contributed by atoms with Gasteiger partial charge in [-0.3, -0.25) is 9.69 Å². The maximum absolute atomic E-state index is 11.7. The monoisotopic (exact) mass is 244 g/mol. The Balaban J connectivity index is 1.63. The topological polar surface area (TPSA) is 23.6 Å². The van der Waals surface area contributed by atoms with Crippen LogP contribution in [0.1, 0.15) is 18.4 Å². The van der Waals surface area contributed by atoms with E-state index in [1.807, 2.05) is 11.9 Å². The van der Waals surface area contributed by atoms with E-state index >= 15 is 0 Å². The van der Waals surface area contributed by atoms with Crippen LogP contribution in [0.5, 0.6) is 0 Å². The zero-order chi connectivity index (χ0) is 12.5. The molecule has 1 aromatic carbocycles. The van der Waals surface area contributed by atoms with Crippen LogP contribution in [0.3, 0.4) is 0 Å². The van der Waals surface area contributed by atoms with Crippen molar-refractivity contribution in [2.24, 2.45) is 5.92 Å². The molecule has 2 unspecified atom stereocenters. The third-order valence-electron chi connectivity index (χ3n) is 4.35.